The van der Waals surface area contributed by atoms with Gasteiger partial charge in [0.1, 0.15) is 5.01 Å². The van der Waals surface area contributed by atoms with Crippen LogP contribution in [0.25, 0.3) is 0 Å². The molecule has 1 aromatic rings. The number of hydrogen-bond acceptors (Lipinski definition) is 5. The number of aromatic nitrogens is 1. The molecule has 112 valence electrons. The molecule has 0 aliphatic rings. The zero-order valence-corrected chi connectivity index (χ0v) is 12.9. The van der Waals surface area contributed by atoms with Gasteiger partial charge in [0, 0.05) is 32.4 Å². The van der Waals surface area contributed by atoms with Gasteiger partial charge in [-0.2, -0.15) is 0 Å². The maximum atomic E-state index is 11.6. The van der Waals surface area contributed by atoms with Gasteiger partial charge in [-0.05, 0) is 20.0 Å². The number of carboxylic acid groups (broad SMARTS) is 1. The fourth-order valence-electron chi connectivity index (χ4n) is 1.65. The summed E-state index contributed by atoms with van der Waals surface area (Å²) < 4.78 is 0. The second-order valence-electron chi connectivity index (χ2n) is 4.93. The maximum Gasteiger partial charge on any atom is 0.303 e. The molecule has 0 unspecified atom stereocenters. The van der Waals surface area contributed by atoms with Crippen LogP contribution in [0.15, 0.2) is 5.38 Å². The van der Waals surface area contributed by atoms with Crippen molar-refractivity contribution in [3.8, 4) is 0 Å². The molecule has 1 amide bonds. The predicted molar refractivity (Wildman–Crippen MR) is 77.7 cm³/mol. The van der Waals surface area contributed by atoms with E-state index in [-0.39, 0.29) is 12.3 Å². The number of thiazole rings is 1. The molecule has 0 atom stereocenters. The Hall–Kier alpha value is -1.47. The molecule has 0 radical (unpaired) electrons. The van der Waals surface area contributed by atoms with E-state index in [1.54, 1.807) is 19.0 Å². The van der Waals surface area contributed by atoms with E-state index in [4.69, 9.17) is 5.11 Å². The van der Waals surface area contributed by atoms with Crippen LogP contribution in [0.4, 0.5) is 0 Å². The van der Waals surface area contributed by atoms with Crippen LogP contribution in [-0.2, 0) is 22.6 Å². The molecule has 7 heteroatoms. The minimum absolute atomic E-state index is 0.0423. The number of rotatable bonds is 8. The zero-order valence-electron chi connectivity index (χ0n) is 12.1. The maximum absolute atomic E-state index is 11.6. The summed E-state index contributed by atoms with van der Waals surface area (Å²) in [7, 11) is 5.39. The lowest BCUT2D eigenvalue weighted by atomic mass is 10.3. The average Bonchev–Trinajstić information content (AvgIpc) is 2.75. The van der Waals surface area contributed by atoms with Gasteiger partial charge in [-0.25, -0.2) is 4.98 Å². The monoisotopic (exact) mass is 299 g/mol. The summed E-state index contributed by atoms with van der Waals surface area (Å²) in [4.78, 5) is 30.0. The largest absolute Gasteiger partial charge is 0.481 e. The van der Waals surface area contributed by atoms with Gasteiger partial charge in [-0.15, -0.1) is 11.3 Å². The molecule has 1 heterocycles. The molecule has 0 spiro atoms. The Labute approximate surface area is 123 Å². The molecular weight excluding hydrogens is 278 g/mol. The van der Waals surface area contributed by atoms with Gasteiger partial charge in [-0.1, -0.05) is 0 Å². The van der Waals surface area contributed by atoms with Crippen molar-refractivity contribution in [2.75, 3.05) is 27.7 Å². The molecule has 0 aliphatic carbocycles. The second-order valence-corrected chi connectivity index (χ2v) is 5.88. The summed E-state index contributed by atoms with van der Waals surface area (Å²) in [5.74, 6) is -0.725. The first-order valence-corrected chi connectivity index (χ1v) is 7.30. The molecule has 0 saturated carbocycles. The lowest BCUT2D eigenvalue weighted by molar-refractivity contribution is -0.137. The first-order chi connectivity index (χ1) is 9.38. The van der Waals surface area contributed by atoms with Crippen molar-refractivity contribution in [3.05, 3.63) is 16.1 Å². The van der Waals surface area contributed by atoms with Crippen LogP contribution in [-0.4, -0.2) is 59.5 Å². The van der Waals surface area contributed by atoms with Crippen molar-refractivity contribution in [1.82, 2.24) is 14.8 Å². The van der Waals surface area contributed by atoms with Gasteiger partial charge in [0.15, 0.2) is 0 Å². The van der Waals surface area contributed by atoms with Gasteiger partial charge in [0.05, 0.1) is 12.1 Å². The number of nitrogens with zero attached hydrogens (tertiary/aromatic N) is 3. The Kier molecular flexibility index (Phi) is 6.60. The van der Waals surface area contributed by atoms with Crippen LogP contribution < -0.4 is 0 Å². The molecule has 0 fully saturated rings. The van der Waals surface area contributed by atoms with Crippen molar-refractivity contribution in [2.24, 2.45) is 0 Å². The van der Waals surface area contributed by atoms with Crippen molar-refractivity contribution in [1.29, 1.82) is 0 Å². The standard InChI is InChI=1S/C13H21N3O3S/c1-15(2)12(17)7-11-14-10(9-20-11)8-16(3)6-4-5-13(18)19/h9H,4-8H2,1-3H3,(H,18,19). The smallest absolute Gasteiger partial charge is 0.303 e. The number of carboxylic acids is 1. The van der Waals surface area contributed by atoms with E-state index in [9.17, 15) is 9.59 Å². The Morgan fingerprint density at radius 2 is 2.05 bits per heavy atom. The van der Waals surface area contributed by atoms with E-state index in [2.05, 4.69) is 4.98 Å². The Balaban J connectivity index is 2.39. The molecule has 0 bridgehead atoms. The van der Waals surface area contributed by atoms with E-state index in [1.807, 2.05) is 17.3 Å². The van der Waals surface area contributed by atoms with Crippen molar-refractivity contribution in [2.45, 2.75) is 25.8 Å². The molecule has 6 nitrogen and oxygen atoms in total. The van der Waals surface area contributed by atoms with E-state index < -0.39 is 5.97 Å². The molecule has 0 aliphatic heterocycles. The fourth-order valence-corrected chi connectivity index (χ4v) is 2.42. The van der Waals surface area contributed by atoms with Crippen LogP contribution in [0.1, 0.15) is 23.5 Å². The van der Waals surface area contributed by atoms with E-state index in [0.717, 1.165) is 17.2 Å². The Morgan fingerprint density at radius 1 is 1.35 bits per heavy atom. The topological polar surface area (TPSA) is 73.7 Å². The zero-order chi connectivity index (χ0) is 15.1. The molecule has 1 aromatic heterocycles. The van der Waals surface area contributed by atoms with Crippen LogP contribution in [0.2, 0.25) is 0 Å². The summed E-state index contributed by atoms with van der Waals surface area (Å²) in [5.41, 5.74) is 0.925. The molecule has 1 rings (SSSR count). The van der Waals surface area contributed by atoms with Crippen LogP contribution in [0.3, 0.4) is 0 Å². The van der Waals surface area contributed by atoms with Gasteiger partial charge in [-0.3, -0.25) is 9.59 Å². The third-order valence-corrected chi connectivity index (χ3v) is 3.66. The first kappa shape index (κ1) is 16.6. The summed E-state index contributed by atoms with van der Waals surface area (Å²) in [6.45, 7) is 1.39. The summed E-state index contributed by atoms with van der Waals surface area (Å²) >= 11 is 1.49. The molecule has 0 saturated heterocycles. The first-order valence-electron chi connectivity index (χ1n) is 6.42. The van der Waals surface area contributed by atoms with E-state index in [0.29, 0.717) is 19.4 Å². The minimum Gasteiger partial charge on any atom is -0.481 e. The number of hydrogen-bond donors (Lipinski definition) is 1. The quantitative estimate of drug-likeness (QED) is 0.777. The summed E-state index contributed by atoms with van der Waals surface area (Å²) in [5, 5.41) is 11.4. The van der Waals surface area contributed by atoms with Gasteiger partial charge in [0.25, 0.3) is 0 Å². The molecule has 20 heavy (non-hydrogen) atoms. The van der Waals surface area contributed by atoms with Crippen LogP contribution in [0.5, 0.6) is 0 Å². The molecule has 0 aromatic carbocycles. The van der Waals surface area contributed by atoms with E-state index in [1.165, 1.54) is 11.3 Å². The van der Waals surface area contributed by atoms with Gasteiger partial charge in [0.2, 0.25) is 5.91 Å². The Morgan fingerprint density at radius 3 is 2.65 bits per heavy atom. The number of aliphatic carboxylic acids is 1. The average molecular weight is 299 g/mol. The third-order valence-electron chi connectivity index (χ3n) is 2.76. The number of likely N-dealkylation sites (N-methyl/N-ethyl adjacent to an activating group) is 1. The number of amides is 1. The summed E-state index contributed by atoms with van der Waals surface area (Å²) in [6.07, 6.45) is 1.15. The highest BCUT2D eigenvalue weighted by atomic mass is 32.1. The number of carbonyl (C=O) groups excluding carboxylic acids is 1. The normalized spacial score (nSPS) is 10.8. The summed E-state index contributed by atoms with van der Waals surface area (Å²) in [6, 6.07) is 0. The molecular formula is C13H21N3O3S. The lowest BCUT2D eigenvalue weighted by Gasteiger charge is -2.14. The lowest BCUT2D eigenvalue weighted by Crippen LogP contribution is -2.23. The Bertz CT molecular complexity index is 459. The third kappa shape index (κ3) is 6.12. The highest BCUT2D eigenvalue weighted by Crippen LogP contribution is 2.13. The van der Waals surface area contributed by atoms with Crippen molar-refractivity contribution < 1.29 is 14.7 Å². The van der Waals surface area contributed by atoms with Gasteiger partial charge >= 0.3 is 5.97 Å². The SMILES string of the molecule is CN(CCCC(=O)O)Cc1csc(CC(=O)N(C)C)n1. The highest BCUT2D eigenvalue weighted by molar-refractivity contribution is 7.09. The number of carbonyl (C=O) groups is 2. The highest BCUT2D eigenvalue weighted by Gasteiger charge is 2.10. The van der Waals surface area contributed by atoms with Crippen LogP contribution >= 0.6 is 11.3 Å². The predicted octanol–water partition coefficient (Wildman–Crippen LogP) is 1.07. The van der Waals surface area contributed by atoms with Crippen LogP contribution in [0, 0.1) is 0 Å². The molecule has 1 N–H and O–H groups in total. The van der Waals surface area contributed by atoms with E-state index >= 15 is 0 Å². The second kappa shape index (κ2) is 7.96. The fraction of sp³-hybridized carbons (Fsp3) is 0.615. The van der Waals surface area contributed by atoms with Crippen molar-refractivity contribution >= 4 is 23.2 Å². The van der Waals surface area contributed by atoms with Gasteiger partial charge < -0.3 is 14.9 Å². The minimum atomic E-state index is -0.767. The van der Waals surface area contributed by atoms with Crippen molar-refractivity contribution in [3.63, 3.8) is 0 Å².